The van der Waals surface area contributed by atoms with Crippen LogP contribution in [0.15, 0.2) is 29.2 Å². The van der Waals surface area contributed by atoms with Crippen LogP contribution in [0.1, 0.15) is 31.2 Å². The number of nitrogens with zero attached hydrogens (tertiary/aromatic N) is 1. The summed E-state index contributed by atoms with van der Waals surface area (Å²) in [5.74, 6) is 0. The van der Waals surface area contributed by atoms with E-state index in [2.05, 4.69) is 10.3 Å². The summed E-state index contributed by atoms with van der Waals surface area (Å²) in [6, 6.07) is 5.50. The van der Waals surface area contributed by atoms with E-state index < -0.39 is 0 Å². The van der Waals surface area contributed by atoms with Gasteiger partial charge >= 0.3 is 6.03 Å². The smallest absolute Gasteiger partial charge is 0.321 e. The number of aromatic nitrogens is 1. The zero-order chi connectivity index (χ0) is 15.5. The van der Waals surface area contributed by atoms with Crippen LogP contribution < -0.4 is 10.7 Å². The molecule has 0 atom stereocenters. The Labute approximate surface area is 129 Å². The summed E-state index contributed by atoms with van der Waals surface area (Å²) < 4.78 is 0. The number of urea groups is 1. The number of amides is 2. The van der Waals surface area contributed by atoms with Crippen LogP contribution in [-0.2, 0) is 0 Å². The monoisotopic (exact) mass is 299 g/mol. The van der Waals surface area contributed by atoms with E-state index in [9.17, 15) is 9.59 Å². The standard InChI is InChI=1S/C17H21N3O2/c1-12-6-7-14-13(10-12)16(21)15(11-18-14)19-17(22)20-8-4-2-3-5-9-20/h6-7,10-11H,2-5,8-9H2,1H3,(H,18,21)(H,19,22). The van der Waals surface area contributed by atoms with Crippen molar-refractivity contribution in [1.82, 2.24) is 9.88 Å². The van der Waals surface area contributed by atoms with Gasteiger partial charge in [-0.15, -0.1) is 0 Å². The van der Waals surface area contributed by atoms with Gasteiger partial charge in [-0.2, -0.15) is 0 Å². The summed E-state index contributed by atoms with van der Waals surface area (Å²) in [5.41, 5.74) is 1.98. The lowest BCUT2D eigenvalue weighted by molar-refractivity contribution is 0.213. The second kappa shape index (κ2) is 6.22. The molecule has 0 aliphatic carbocycles. The summed E-state index contributed by atoms with van der Waals surface area (Å²) in [6.07, 6.45) is 5.97. The van der Waals surface area contributed by atoms with Crippen LogP contribution in [-0.4, -0.2) is 29.0 Å². The van der Waals surface area contributed by atoms with Gasteiger partial charge in [-0.05, 0) is 31.9 Å². The van der Waals surface area contributed by atoms with E-state index in [4.69, 9.17) is 0 Å². The van der Waals surface area contributed by atoms with Crippen molar-refractivity contribution in [3.8, 4) is 0 Å². The number of likely N-dealkylation sites (tertiary alicyclic amines) is 1. The molecule has 1 aromatic carbocycles. The first-order valence-electron chi connectivity index (χ1n) is 7.83. The fourth-order valence-corrected chi connectivity index (χ4v) is 2.89. The minimum atomic E-state index is -0.181. The highest BCUT2D eigenvalue weighted by atomic mass is 16.2. The minimum absolute atomic E-state index is 0.138. The van der Waals surface area contributed by atoms with Crippen LogP contribution in [0.25, 0.3) is 10.9 Å². The molecule has 1 fully saturated rings. The minimum Gasteiger partial charge on any atom is -0.359 e. The van der Waals surface area contributed by atoms with Crippen LogP contribution >= 0.6 is 0 Å². The quantitative estimate of drug-likeness (QED) is 0.849. The molecule has 2 N–H and O–H groups in total. The van der Waals surface area contributed by atoms with Gasteiger partial charge in [0.2, 0.25) is 5.43 Å². The predicted octanol–water partition coefficient (Wildman–Crippen LogP) is 3.24. The number of nitrogens with one attached hydrogen (secondary N) is 2. The molecule has 5 nitrogen and oxygen atoms in total. The molecule has 5 heteroatoms. The zero-order valence-corrected chi connectivity index (χ0v) is 12.8. The van der Waals surface area contributed by atoms with Crippen molar-refractivity contribution in [1.29, 1.82) is 0 Å². The highest BCUT2D eigenvalue weighted by molar-refractivity contribution is 5.92. The molecule has 0 spiro atoms. The van der Waals surface area contributed by atoms with Gasteiger partial charge in [0, 0.05) is 30.2 Å². The number of carbonyl (C=O) groups is 1. The first-order valence-corrected chi connectivity index (χ1v) is 7.83. The first-order chi connectivity index (χ1) is 10.6. The number of aromatic amines is 1. The summed E-state index contributed by atoms with van der Waals surface area (Å²) in [4.78, 5) is 29.7. The summed E-state index contributed by atoms with van der Waals surface area (Å²) in [6.45, 7) is 3.47. The SMILES string of the molecule is Cc1ccc2[nH]cc(NC(=O)N3CCCCCC3)c(=O)c2c1. The summed E-state index contributed by atoms with van der Waals surface area (Å²) in [7, 11) is 0. The Balaban J connectivity index is 1.85. The molecule has 1 aromatic heterocycles. The van der Waals surface area contributed by atoms with Crippen molar-refractivity contribution in [2.45, 2.75) is 32.6 Å². The Kier molecular flexibility index (Phi) is 4.13. The van der Waals surface area contributed by atoms with E-state index in [0.29, 0.717) is 11.1 Å². The second-order valence-electron chi connectivity index (χ2n) is 5.91. The average Bonchev–Trinajstić information content (AvgIpc) is 2.80. The van der Waals surface area contributed by atoms with Gasteiger partial charge < -0.3 is 15.2 Å². The number of benzene rings is 1. The van der Waals surface area contributed by atoms with Crippen molar-refractivity contribution >= 4 is 22.6 Å². The maximum absolute atomic E-state index is 12.5. The van der Waals surface area contributed by atoms with E-state index in [1.807, 2.05) is 25.1 Å². The number of aryl methyl sites for hydroxylation is 1. The van der Waals surface area contributed by atoms with Crippen molar-refractivity contribution in [3.63, 3.8) is 0 Å². The van der Waals surface area contributed by atoms with Gasteiger partial charge in [-0.25, -0.2) is 4.79 Å². The fraction of sp³-hybridized carbons (Fsp3) is 0.412. The van der Waals surface area contributed by atoms with Crippen molar-refractivity contribution < 1.29 is 4.79 Å². The molecule has 0 saturated carbocycles. The first kappa shape index (κ1) is 14.6. The van der Waals surface area contributed by atoms with Gasteiger partial charge in [0.25, 0.3) is 0 Å². The van der Waals surface area contributed by atoms with Crippen LogP contribution in [0, 0.1) is 6.92 Å². The number of H-pyrrole nitrogens is 1. The molecule has 0 bridgehead atoms. The molecule has 116 valence electrons. The van der Waals surface area contributed by atoms with Crippen molar-refractivity contribution in [3.05, 3.63) is 40.2 Å². The van der Waals surface area contributed by atoms with Crippen molar-refractivity contribution in [2.24, 2.45) is 0 Å². The largest absolute Gasteiger partial charge is 0.359 e. The Hall–Kier alpha value is -2.30. The molecule has 2 aromatic rings. The van der Waals surface area contributed by atoms with Crippen LogP contribution in [0.3, 0.4) is 0 Å². The lowest BCUT2D eigenvalue weighted by Crippen LogP contribution is -2.36. The van der Waals surface area contributed by atoms with Crippen LogP contribution in [0.5, 0.6) is 0 Å². The fourth-order valence-electron chi connectivity index (χ4n) is 2.89. The highest BCUT2D eigenvalue weighted by Gasteiger charge is 2.17. The van der Waals surface area contributed by atoms with E-state index in [-0.39, 0.29) is 11.5 Å². The lowest BCUT2D eigenvalue weighted by atomic mass is 10.1. The normalized spacial score (nSPS) is 15.6. The third-order valence-electron chi connectivity index (χ3n) is 4.17. The number of pyridine rings is 1. The van der Waals surface area contributed by atoms with E-state index in [0.717, 1.165) is 37.0 Å². The van der Waals surface area contributed by atoms with E-state index in [1.165, 1.54) is 12.8 Å². The Bertz CT molecular complexity index is 743. The number of anilines is 1. The van der Waals surface area contributed by atoms with Gasteiger partial charge in [0.1, 0.15) is 5.69 Å². The number of carbonyl (C=O) groups excluding carboxylic acids is 1. The second-order valence-corrected chi connectivity index (χ2v) is 5.91. The molecule has 2 heterocycles. The molecule has 1 aliphatic heterocycles. The van der Waals surface area contributed by atoms with E-state index >= 15 is 0 Å². The summed E-state index contributed by atoms with van der Waals surface area (Å²) in [5, 5.41) is 3.37. The maximum Gasteiger partial charge on any atom is 0.321 e. The van der Waals surface area contributed by atoms with Crippen molar-refractivity contribution in [2.75, 3.05) is 18.4 Å². The van der Waals surface area contributed by atoms with Crippen LogP contribution in [0.2, 0.25) is 0 Å². The predicted molar refractivity (Wildman–Crippen MR) is 88.4 cm³/mol. The molecular weight excluding hydrogens is 278 g/mol. The topological polar surface area (TPSA) is 65.2 Å². The lowest BCUT2D eigenvalue weighted by Gasteiger charge is -2.20. The third-order valence-corrected chi connectivity index (χ3v) is 4.17. The third kappa shape index (κ3) is 2.98. The maximum atomic E-state index is 12.5. The molecular formula is C17H21N3O2. The number of fused-ring (bicyclic) bond motifs is 1. The molecule has 3 rings (SSSR count). The van der Waals surface area contributed by atoms with E-state index in [1.54, 1.807) is 11.1 Å². The van der Waals surface area contributed by atoms with Gasteiger partial charge in [-0.3, -0.25) is 4.79 Å². The molecule has 0 radical (unpaired) electrons. The zero-order valence-electron chi connectivity index (χ0n) is 12.8. The molecule has 1 aliphatic rings. The van der Waals surface area contributed by atoms with Gasteiger partial charge in [-0.1, -0.05) is 24.5 Å². The molecule has 1 saturated heterocycles. The number of rotatable bonds is 1. The highest BCUT2D eigenvalue weighted by Crippen LogP contribution is 2.14. The Morgan fingerprint density at radius 2 is 1.91 bits per heavy atom. The number of hydrogen-bond donors (Lipinski definition) is 2. The van der Waals surface area contributed by atoms with Crippen LogP contribution in [0.4, 0.5) is 10.5 Å². The molecule has 0 unspecified atom stereocenters. The van der Waals surface area contributed by atoms with Gasteiger partial charge in [0.05, 0.1) is 0 Å². The number of hydrogen-bond acceptors (Lipinski definition) is 2. The summed E-state index contributed by atoms with van der Waals surface area (Å²) >= 11 is 0. The van der Waals surface area contributed by atoms with Gasteiger partial charge in [0.15, 0.2) is 0 Å². The Morgan fingerprint density at radius 1 is 1.18 bits per heavy atom. The Morgan fingerprint density at radius 3 is 2.64 bits per heavy atom. The average molecular weight is 299 g/mol. The molecule has 22 heavy (non-hydrogen) atoms. The molecule has 2 amide bonds.